The van der Waals surface area contributed by atoms with Crippen LogP contribution in [0.15, 0.2) is 66.9 Å². The van der Waals surface area contributed by atoms with E-state index < -0.39 is 5.91 Å². The van der Waals surface area contributed by atoms with Crippen molar-refractivity contribution in [1.82, 2.24) is 14.8 Å². The smallest absolute Gasteiger partial charge is 0.280 e. The van der Waals surface area contributed by atoms with E-state index in [4.69, 9.17) is 11.0 Å². The highest BCUT2D eigenvalue weighted by Gasteiger charge is 2.19. The van der Waals surface area contributed by atoms with Crippen molar-refractivity contribution in [3.8, 4) is 17.3 Å². The Kier molecular flexibility index (Phi) is 3.67. The van der Waals surface area contributed by atoms with E-state index in [2.05, 4.69) is 10.1 Å². The summed E-state index contributed by atoms with van der Waals surface area (Å²) in [6, 6.07) is 20.7. The van der Waals surface area contributed by atoms with Crippen molar-refractivity contribution in [1.29, 1.82) is 5.26 Å². The highest BCUT2D eigenvalue weighted by atomic mass is 16.2. The van der Waals surface area contributed by atoms with Gasteiger partial charge in [0.2, 0.25) is 0 Å². The van der Waals surface area contributed by atoms with Gasteiger partial charge in [-0.1, -0.05) is 48.5 Å². The number of nitrogens with two attached hydrogens (primary N) is 1. The van der Waals surface area contributed by atoms with Gasteiger partial charge in [-0.15, -0.1) is 0 Å². The second-order valence-electron chi connectivity index (χ2n) is 5.71. The third-order valence-electron chi connectivity index (χ3n) is 4.14. The Morgan fingerprint density at radius 2 is 1.81 bits per heavy atom. The minimum Gasteiger partial charge on any atom is -0.382 e. The van der Waals surface area contributed by atoms with Crippen LogP contribution < -0.4 is 5.73 Å². The Morgan fingerprint density at radius 1 is 1.08 bits per heavy atom. The third kappa shape index (κ3) is 2.48. The molecule has 0 amide bonds. The first-order chi connectivity index (χ1) is 12.7. The fraction of sp³-hybridized carbons (Fsp3) is 0. The number of nitrogen functional groups attached to an aromatic ring is 1. The lowest BCUT2D eigenvalue weighted by Crippen LogP contribution is -2.17. The number of nitrogens with zero attached hydrogens (tertiary/aromatic N) is 4. The highest BCUT2D eigenvalue weighted by molar-refractivity contribution is 6.08. The zero-order valence-electron chi connectivity index (χ0n) is 13.6. The van der Waals surface area contributed by atoms with Crippen LogP contribution in [0.1, 0.15) is 15.9 Å². The van der Waals surface area contributed by atoms with Crippen molar-refractivity contribution in [3.05, 3.63) is 78.0 Å². The number of pyridine rings is 1. The molecule has 0 aliphatic carbocycles. The van der Waals surface area contributed by atoms with Crippen LogP contribution in [0.4, 0.5) is 5.82 Å². The summed E-state index contributed by atoms with van der Waals surface area (Å²) in [6.07, 6.45) is 1.29. The van der Waals surface area contributed by atoms with Crippen molar-refractivity contribution in [2.24, 2.45) is 0 Å². The van der Waals surface area contributed by atoms with E-state index in [9.17, 15) is 4.79 Å². The van der Waals surface area contributed by atoms with Gasteiger partial charge in [-0.05, 0) is 12.1 Å². The maximum Gasteiger partial charge on any atom is 0.280 e. The maximum absolute atomic E-state index is 13.1. The van der Waals surface area contributed by atoms with Crippen LogP contribution in [-0.4, -0.2) is 20.7 Å². The average molecular weight is 339 g/mol. The average Bonchev–Trinajstić information content (AvgIpc) is 3.07. The number of aromatic nitrogens is 3. The topological polar surface area (TPSA) is 97.6 Å². The molecule has 2 aromatic carbocycles. The standard InChI is InChI=1S/C20H13N5O/c21-11-14-12-23-25(19(14)22)20(26)16-10-18(13-6-2-1-3-7-13)24-17-9-5-4-8-15(16)17/h1-10,12H,22H2. The summed E-state index contributed by atoms with van der Waals surface area (Å²) in [7, 11) is 0. The Morgan fingerprint density at radius 3 is 2.54 bits per heavy atom. The minimum absolute atomic E-state index is 0.0275. The second kappa shape index (κ2) is 6.15. The van der Waals surface area contributed by atoms with E-state index >= 15 is 0 Å². The molecular formula is C20H13N5O. The van der Waals surface area contributed by atoms with E-state index in [0.717, 1.165) is 10.2 Å². The monoisotopic (exact) mass is 339 g/mol. The number of nitriles is 1. The molecule has 0 fully saturated rings. The lowest BCUT2D eigenvalue weighted by atomic mass is 10.0. The van der Waals surface area contributed by atoms with Gasteiger partial charge in [0.15, 0.2) is 0 Å². The predicted molar refractivity (Wildman–Crippen MR) is 98.3 cm³/mol. The van der Waals surface area contributed by atoms with Gasteiger partial charge in [0.25, 0.3) is 5.91 Å². The fourth-order valence-corrected chi connectivity index (χ4v) is 2.83. The number of rotatable bonds is 2. The highest BCUT2D eigenvalue weighted by Crippen LogP contribution is 2.26. The third-order valence-corrected chi connectivity index (χ3v) is 4.14. The molecule has 4 aromatic rings. The molecule has 4 rings (SSSR count). The summed E-state index contributed by atoms with van der Waals surface area (Å²) in [5, 5.41) is 13.7. The van der Waals surface area contributed by atoms with Crippen molar-refractivity contribution in [2.45, 2.75) is 0 Å². The number of anilines is 1. The molecule has 0 aliphatic rings. The van der Waals surface area contributed by atoms with E-state index in [1.165, 1.54) is 6.20 Å². The number of fused-ring (bicyclic) bond motifs is 1. The number of hydrogen-bond acceptors (Lipinski definition) is 5. The number of carbonyl (C=O) groups is 1. The zero-order chi connectivity index (χ0) is 18.1. The number of para-hydroxylation sites is 1. The predicted octanol–water partition coefficient (Wildman–Crippen LogP) is 3.24. The van der Waals surface area contributed by atoms with Crippen molar-refractivity contribution in [2.75, 3.05) is 5.73 Å². The number of hydrogen-bond donors (Lipinski definition) is 1. The molecule has 2 aromatic heterocycles. The van der Waals surface area contributed by atoms with Gasteiger partial charge in [0.05, 0.1) is 23.0 Å². The molecule has 2 N–H and O–H groups in total. The first-order valence-electron chi connectivity index (χ1n) is 7.92. The Balaban J connectivity index is 1.95. The zero-order valence-corrected chi connectivity index (χ0v) is 13.6. The molecule has 26 heavy (non-hydrogen) atoms. The van der Waals surface area contributed by atoms with Gasteiger partial charge in [0, 0.05) is 10.9 Å². The molecule has 0 bridgehead atoms. The summed E-state index contributed by atoms with van der Waals surface area (Å²) >= 11 is 0. The van der Waals surface area contributed by atoms with Crippen LogP contribution in [0.5, 0.6) is 0 Å². The Bertz CT molecular complexity index is 1170. The quantitative estimate of drug-likeness (QED) is 0.604. The van der Waals surface area contributed by atoms with Crippen molar-refractivity contribution >= 4 is 22.6 Å². The molecule has 0 unspecified atom stereocenters. The molecule has 124 valence electrons. The molecule has 0 atom stereocenters. The van der Waals surface area contributed by atoms with E-state index in [1.54, 1.807) is 6.07 Å². The largest absolute Gasteiger partial charge is 0.382 e. The van der Waals surface area contributed by atoms with Gasteiger partial charge in [0.1, 0.15) is 17.5 Å². The van der Waals surface area contributed by atoms with Crippen LogP contribution in [0.25, 0.3) is 22.2 Å². The maximum atomic E-state index is 13.1. The van der Waals surface area contributed by atoms with E-state index in [1.807, 2.05) is 60.7 Å². The Hall–Kier alpha value is -3.98. The normalized spacial score (nSPS) is 10.6. The van der Waals surface area contributed by atoms with Crippen molar-refractivity contribution in [3.63, 3.8) is 0 Å². The van der Waals surface area contributed by atoms with Crippen LogP contribution in [-0.2, 0) is 0 Å². The molecule has 0 saturated carbocycles. The molecule has 0 spiro atoms. The van der Waals surface area contributed by atoms with Gasteiger partial charge in [-0.2, -0.15) is 15.0 Å². The van der Waals surface area contributed by atoms with Gasteiger partial charge in [-0.3, -0.25) is 4.79 Å². The van der Waals surface area contributed by atoms with Crippen molar-refractivity contribution < 1.29 is 4.79 Å². The summed E-state index contributed by atoms with van der Waals surface area (Å²) in [6.45, 7) is 0. The molecule has 0 aliphatic heterocycles. The lowest BCUT2D eigenvalue weighted by molar-refractivity contribution is 0.0949. The Labute approximate surface area is 149 Å². The van der Waals surface area contributed by atoms with E-state index in [0.29, 0.717) is 22.2 Å². The van der Waals surface area contributed by atoms with Gasteiger partial charge < -0.3 is 5.73 Å². The fourth-order valence-electron chi connectivity index (χ4n) is 2.83. The molecule has 6 heteroatoms. The van der Waals surface area contributed by atoms with Crippen LogP contribution in [0.3, 0.4) is 0 Å². The molecular weight excluding hydrogens is 326 g/mol. The summed E-state index contributed by atoms with van der Waals surface area (Å²) in [4.78, 5) is 17.7. The van der Waals surface area contributed by atoms with Gasteiger partial charge >= 0.3 is 0 Å². The number of carbonyl (C=O) groups excluding carboxylic acids is 1. The first kappa shape index (κ1) is 15.5. The first-order valence-corrected chi connectivity index (χ1v) is 7.92. The SMILES string of the molecule is N#Cc1cnn(C(=O)c2cc(-c3ccccc3)nc3ccccc23)c1N. The molecule has 0 radical (unpaired) electrons. The summed E-state index contributed by atoms with van der Waals surface area (Å²) in [5.41, 5.74) is 8.76. The van der Waals surface area contributed by atoms with Crippen LogP contribution in [0, 0.1) is 11.3 Å². The number of benzene rings is 2. The molecule has 0 saturated heterocycles. The second-order valence-corrected chi connectivity index (χ2v) is 5.71. The summed E-state index contributed by atoms with van der Waals surface area (Å²) in [5.74, 6) is -0.376. The van der Waals surface area contributed by atoms with Gasteiger partial charge in [-0.25, -0.2) is 4.98 Å². The summed E-state index contributed by atoms with van der Waals surface area (Å²) < 4.78 is 1.05. The van der Waals surface area contributed by atoms with Crippen LogP contribution in [0.2, 0.25) is 0 Å². The van der Waals surface area contributed by atoms with Crippen LogP contribution >= 0.6 is 0 Å². The minimum atomic E-state index is -0.403. The van der Waals surface area contributed by atoms with E-state index in [-0.39, 0.29) is 11.4 Å². The molecule has 6 nitrogen and oxygen atoms in total. The lowest BCUT2D eigenvalue weighted by Gasteiger charge is -2.10. The molecule has 2 heterocycles.